The molecule has 0 saturated heterocycles. The highest BCUT2D eigenvalue weighted by molar-refractivity contribution is 9.10. The Kier molecular flexibility index (Phi) is 4.31. The van der Waals surface area contributed by atoms with Crippen LogP contribution in [0.1, 0.15) is 31.4 Å². The average Bonchev–Trinajstić information content (AvgIpc) is 2.40. The van der Waals surface area contributed by atoms with Crippen LogP contribution in [0.2, 0.25) is 0 Å². The van der Waals surface area contributed by atoms with Crippen LogP contribution in [0.15, 0.2) is 33.8 Å². The summed E-state index contributed by atoms with van der Waals surface area (Å²) >= 11 is 3.37. The molecule has 1 aliphatic heterocycles. The van der Waals surface area contributed by atoms with Crippen LogP contribution < -0.4 is 10.7 Å². The van der Waals surface area contributed by atoms with Crippen molar-refractivity contribution >= 4 is 33.5 Å². The third kappa shape index (κ3) is 3.64. The summed E-state index contributed by atoms with van der Waals surface area (Å²) in [6.45, 7) is 1.91. The van der Waals surface area contributed by atoms with Crippen molar-refractivity contribution in [3.8, 4) is 0 Å². The zero-order chi connectivity index (χ0) is 13.8. The lowest BCUT2D eigenvalue weighted by Gasteiger charge is -2.17. The van der Waals surface area contributed by atoms with Gasteiger partial charge in [-0.05, 0) is 24.6 Å². The van der Waals surface area contributed by atoms with Crippen LogP contribution in [-0.4, -0.2) is 17.5 Å². The fourth-order valence-corrected chi connectivity index (χ4v) is 2.02. The van der Waals surface area contributed by atoms with E-state index < -0.39 is 0 Å². The van der Waals surface area contributed by atoms with Gasteiger partial charge in [-0.15, -0.1) is 0 Å². The van der Waals surface area contributed by atoms with Crippen LogP contribution in [0.3, 0.4) is 0 Å². The van der Waals surface area contributed by atoms with E-state index in [9.17, 15) is 9.59 Å². The SMILES string of the molecule is C[C@@H](NC(=O)C1=NNC(=O)CC1)c1ccc(Br)cc1. The van der Waals surface area contributed by atoms with Gasteiger partial charge in [0.15, 0.2) is 0 Å². The summed E-state index contributed by atoms with van der Waals surface area (Å²) in [6, 6.07) is 7.63. The Labute approximate surface area is 119 Å². The van der Waals surface area contributed by atoms with E-state index in [1.54, 1.807) is 0 Å². The second-order valence-corrected chi connectivity index (χ2v) is 5.26. The number of hydrogen-bond acceptors (Lipinski definition) is 3. The number of amides is 2. The maximum Gasteiger partial charge on any atom is 0.267 e. The van der Waals surface area contributed by atoms with Crippen LogP contribution >= 0.6 is 15.9 Å². The third-order valence-corrected chi connectivity index (χ3v) is 3.41. The standard InChI is InChI=1S/C13H14BrN3O2/c1-8(9-2-4-10(14)5-3-9)15-13(19)11-6-7-12(18)17-16-11/h2-5,8H,6-7H2,1H3,(H,15,19)(H,17,18)/t8-/m1/s1. The van der Waals surface area contributed by atoms with Crippen LogP contribution in [-0.2, 0) is 9.59 Å². The van der Waals surface area contributed by atoms with Crippen molar-refractivity contribution in [2.45, 2.75) is 25.8 Å². The molecule has 2 N–H and O–H groups in total. The first-order valence-electron chi connectivity index (χ1n) is 5.98. The number of carbonyl (C=O) groups excluding carboxylic acids is 2. The second kappa shape index (κ2) is 5.97. The van der Waals surface area contributed by atoms with Gasteiger partial charge in [-0.2, -0.15) is 5.10 Å². The molecule has 5 nitrogen and oxygen atoms in total. The molecule has 1 atom stereocenters. The minimum absolute atomic E-state index is 0.110. The molecule has 0 aromatic heterocycles. The lowest BCUT2D eigenvalue weighted by atomic mass is 10.1. The Morgan fingerprint density at radius 1 is 1.37 bits per heavy atom. The fourth-order valence-electron chi connectivity index (χ4n) is 1.75. The molecule has 0 bridgehead atoms. The maximum absolute atomic E-state index is 12.0. The van der Waals surface area contributed by atoms with E-state index in [0.717, 1.165) is 10.0 Å². The highest BCUT2D eigenvalue weighted by Crippen LogP contribution is 2.16. The highest BCUT2D eigenvalue weighted by Gasteiger charge is 2.19. The third-order valence-electron chi connectivity index (χ3n) is 2.88. The number of nitrogens with one attached hydrogen (secondary N) is 2. The van der Waals surface area contributed by atoms with Crippen molar-refractivity contribution in [3.05, 3.63) is 34.3 Å². The van der Waals surface area contributed by atoms with Crippen molar-refractivity contribution in [2.75, 3.05) is 0 Å². The van der Waals surface area contributed by atoms with Gasteiger partial charge in [-0.3, -0.25) is 9.59 Å². The Morgan fingerprint density at radius 2 is 2.05 bits per heavy atom. The van der Waals surface area contributed by atoms with Crippen molar-refractivity contribution in [3.63, 3.8) is 0 Å². The molecule has 0 radical (unpaired) electrons. The minimum atomic E-state index is -0.240. The molecule has 0 aliphatic carbocycles. The normalized spacial score (nSPS) is 16.3. The first-order valence-corrected chi connectivity index (χ1v) is 6.77. The summed E-state index contributed by atoms with van der Waals surface area (Å²) in [7, 11) is 0. The summed E-state index contributed by atoms with van der Waals surface area (Å²) in [5.74, 6) is -0.395. The Morgan fingerprint density at radius 3 is 2.63 bits per heavy atom. The highest BCUT2D eigenvalue weighted by atomic mass is 79.9. The van der Waals surface area contributed by atoms with Gasteiger partial charge in [-0.1, -0.05) is 28.1 Å². The molecule has 2 amide bonds. The molecule has 1 aromatic rings. The van der Waals surface area contributed by atoms with E-state index in [1.165, 1.54) is 0 Å². The van der Waals surface area contributed by atoms with Gasteiger partial charge >= 0.3 is 0 Å². The second-order valence-electron chi connectivity index (χ2n) is 4.34. The molecule has 0 spiro atoms. The maximum atomic E-state index is 12.0. The van der Waals surface area contributed by atoms with Gasteiger partial charge in [0.25, 0.3) is 5.91 Å². The Balaban J connectivity index is 1.99. The molecular formula is C13H14BrN3O2. The van der Waals surface area contributed by atoms with Crippen molar-refractivity contribution in [2.24, 2.45) is 5.10 Å². The minimum Gasteiger partial charge on any atom is -0.344 e. The van der Waals surface area contributed by atoms with Crippen molar-refractivity contribution in [1.29, 1.82) is 0 Å². The summed E-state index contributed by atoms with van der Waals surface area (Å²) in [5, 5.41) is 6.63. The molecule has 6 heteroatoms. The molecule has 2 rings (SSSR count). The smallest absolute Gasteiger partial charge is 0.267 e. The predicted molar refractivity (Wildman–Crippen MR) is 75.5 cm³/mol. The van der Waals surface area contributed by atoms with E-state index in [1.807, 2.05) is 31.2 Å². The average molecular weight is 324 g/mol. The number of hydrogen-bond donors (Lipinski definition) is 2. The molecule has 1 aromatic carbocycles. The zero-order valence-corrected chi connectivity index (χ0v) is 12.0. The molecule has 0 fully saturated rings. The fraction of sp³-hybridized carbons (Fsp3) is 0.308. The van der Waals surface area contributed by atoms with Gasteiger partial charge < -0.3 is 5.32 Å². The van der Waals surface area contributed by atoms with E-state index in [-0.39, 0.29) is 17.9 Å². The van der Waals surface area contributed by atoms with Gasteiger partial charge in [0.05, 0.1) is 6.04 Å². The van der Waals surface area contributed by atoms with Crippen LogP contribution in [0.5, 0.6) is 0 Å². The van der Waals surface area contributed by atoms with Crippen molar-refractivity contribution in [1.82, 2.24) is 10.7 Å². The molecule has 100 valence electrons. The molecule has 1 heterocycles. The molecule has 0 saturated carbocycles. The largest absolute Gasteiger partial charge is 0.344 e. The lowest BCUT2D eigenvalue weighted by Crippen LogP contribution is -2.37. The van der Waals surface area contributed by atoms with E-state index in [2.05, 4.69) is 31.8 Å². The predicted octanol–water partition coefficient (Wildman–Crippen LogP) is 1.89. The van der Waals surface area contributed by atoms with Crippen LogP contribution in [0.4, 0.5) is 0 Å². The first-order chi connectivity index (χ1) is 9.06. The number of hydrazone groups is 1. The number of halogens is 1. The van der Waals surface area contributed by atoms with Crippen LogP contribution in [0.25, 0.3) is 0 Å². The summed E-state index contributed by atoms with van der Waals surface area (Å²) in [6.07, 6.45) is 0.684. The quantitative estimate of drug-likeness (QED) is 0.891. The number of carbonyl (C=O) groups is 2. The van der Waals surface area contributed by atoms with Gasteiger partial charge in [0.1, 0.15) is 5.71 Å². The summed E-state index contributed by atoms with van der Waals surface area (Å²) < 4.78 is 0.995. The van der Waals surface area contributed by atoms with Gasteiger partial charge in [0, 0.05) is 17.3 Å². The van der Waals surface area contributed by atoms with E-state index >= 15 is 0 Å². The van der Waals surface area contributed by atoms with E-state index in [0.29, 0.717) is 18.6 Å². The topological polar surface area (TPSA) is 70.6 Å². The van der Waals surface area contributed by atoms with Gasteiger partial charge in [-0.25, -0.2) is 5.43 Å². The van der Waals surface area contributed by atoms with E-state index in [4.69, 9.17) is 0 Å². The lowest BCUT2D eigenvalue weighted by molar-refractivity contribution is -0.121. The van der Waals surface area contributed by atoms with Crippen LogP contribution in [0, 0.1) is 0 Å². The molecular weight excluding hydrogens is 310 g/mol. The zero-order valence-electron chi connectivity index (χ0n) is 10.4. The summed E-state index contributed by atoms with van der Waals surface area (Å²) in [5.41, 5.74) is 3.69. The molecule has 1 aliphatic rings. The monoisotopic (exact) mass is 323 g/mol. The summed E-state index contributed by atoms with van der Waals surface area (Å²) in [4.78, 5) is 22.9. The molecule has 19 heavy (non-hydrogen) atoms. The number of benzene rings is 1. The number of nitrogens with zero attached hydrogens (tertiary/aromatic N) is 1. The van der Waals surface area contributed by atoms with Crippen molar-refractivity contribution < 1.29 is 9.59 Å². The molecule has 0 unspecified atom stereocenters. The van der Waals surface area contributed by atoms with Gasteiger partial charge in [0.2, 0.25) is 5.91 Å². The Hall–Kier alpha value is -1.69. The number of rotatable bonds is 3. The Bertz CT molecular complexity index is 525. The first kappa shape index (κ1) is 13.7.